The lowest BCUT2D eigenvalue weighted by Crippen LogP contribution is -2.27. The number of hydrogen-bond donors (Lipinski definition) is 0. The lowest BCUT2D eigenvalue weighted by Gasteiger charge is -2.22. The SMILES string of the molecule is CCn1c(-c2cc(OC(=O)C(C)(C)C)c(-c3nc4ccc(OC)cc4n3CC)cc2OC(=O)C(C)(C)C)nc2cc(OC)ccc21. The number of hydrogen-bond acceptors (Lipinski definition) is 8. The Balaban J connectivity index is 1.85. The van der Waals surface area contributed by atoms with Gasteiger partial charge in [0.2, 0.25) is 0 Å². The zero-order valence-corrected chi connectivity index (χ0v) is 28.3. The van der Waals surface area contributed by atoms with E-state index in [2.05, 4.69) is 0 Å². The number of ether oxygens (including phenoxy) is 4. The number of carbonyl (C=O) groups is 2. The zero-order valence-electron chi connectivity index (χ0n) is 28.3. The Kier molecular flexibility index (Phi) is 8.59. The second kappa shape index (κ2) is 12.2. The molecule has 0 saturated carbocycles. The molecule has 0 aliphatic carbocycles. The van der Waals surface area contributed by atoms with Crippen LogP contribution in [-0.4, -0.2) is 45.3 Å². The van der Waals surface area contributed by atoms with Gasteiger partial charge in [-0.1, -0.05) is 0 Å². The van der Waals surface area contributed by atoms with Gasteiger partial charge in [0.25, 0.3) is 0 Å². The molecule has 2 aromatic heterocycles. The van der Waals surface area contributed by atoms with Gasteiger partial charge in [-0.2, -0.15) is 0 Å². The van der Waals surface area contributed by atoms with Crippen LogP contribution in [0.2, 0.25) is 0 Å². The van der Waals surface area contributed by atoms with Crippen molar-refractivity contribution >= 4 is 34.0 Å². The van der Waals surface area contributed by atoms with Gasteiger partial charge in [-0.25, -0.2) is 9.97 Å². The number of methoxy groups -OCH3 is 2. The highest BCUT2D eigenvalue weighted by atomic mass is 16.5. The minimum Gasteiger partial charge on any atom is -0.497 e. The Hall–Kier alpha value is -4.86. The standard InChI is InChI=1S/C36H42N4O6/c1-11-39-27-16-14-21(43-9)17-26(27)38-32(39)24-20-29(45-33(41)35(3,4)5)23(19-30(24)46-34(42)36(6,7)8)31-37-25-15-13-22(44-10)18-28(25)40(31)12-2/h13-20H,11-12H2,1-10H3. The van der Waals surface area contributed by atoms with Crippen molar-refractivity contribution in [2.24, 2.45) is 10.8 Å². The topological polar surface area (TPSA) is 107 Å². The molecule has 10 nitrogen and oxygen atoms in total. The summed E-state index contributed by atoms with van der Waals surface area (Å²) >= 11 is 0. The first-order valence-corrected chi connectivity index (χ1v) is 15.4. The lowest BCUT2D eigenvalue weighted by atomic mass is 9.97. The molecule has 0 amide bonds. The minimum absolute atomic E-state index is 0.273. The van der Waals surface area contributed by atoms with Gasteiger partial charge in [-0.3, -0.25) is 9.59 Å². The summed E-state index contributed by atoms with van der Waals surface area (Å²) in [7, 11) is 3.23. The van der Waals surface area contributed by atoms with E-state index in [-0.39, 0.29) is 11.5 Å². The normalized spacial score (nSPS) is 12.0. The molecule has 10 heteroatoms. The van der Waals surface area contributed by atoms with Crippen molar-refractivity contribution in [3.63, 3.8) is 0 Å². The fourth-order valence-corrected chi connectivity index (χ4v) is 5.10. The molecule has 0 saturated heterocycles. The molecule has 0 fully saturated rings. The molecule has 2 heterocycles. The summed E-state index contributed by atoms with van der Waals surface area (Å²) in [6.07, 6.45) is 0. The van der Waals surface area contributed by atoms with Crippen LogP contribution in [0.25, 0.3) is 44.8 Å². The molecule has 5 rings (SSSR count). The van der Waals surface area contributed by atoms with Crippen molar-refractivity contribution in [3.05, 3.63) is 48.5 Å². The Morgan fingerprint density at radius 2 is 1.09 bits per heavy atom. The Labute approximate surface area is 269 Å². The average molecular weight is 627 g/mol. The molecule has 3 aromatic carbocycles. The highest BCUT2D eigenvalue weighted by molar-refractivity contribution is 5.90. The maximum atomic E-state index is 13.4. The van der Waals surface area contributed by atoms with E-state index < -0.39 is 22.8 Å². The maximum absolute atomic E-state index is 13.4. The van der Waals surface area contributed by atoms with Crippen molar-refractivity contribution in [2.75, 3.05) is 14.2 Å². The van der Waals surface area contributed by atoms with Crippen LogP contribution in [0.3, 0.4) is 0 Å². The van der Waals surface area contributed by atoms with Crippen molar-refractivity contribution < 1.29 is 28.5 Å². The summed E-state index contributed by atoms with van der Waals surface area (Å²) in [5.74, 6) is 2.17. The van der Waals surface area contributed by atoms with E-state index in [1.54, 1.807) is 67.9 Å². The number of imidazole rings is 2. The van der Waals surface area contributed by atoms with Crippen LogP contribution in [0.4, 0.5) is 0 Å². The summed E-state index contributed by atoms with van der Waals surface area (Å²) in [5.41, 5.74) is 2.59. The molecule has 0 spiro atoms. The van der Waals surface area contributed by atoms with Gasteiger partial charge < -0.3 is 28.1 Å². The molecule has 0 bridgehead atoms. The third kappa shape index (κ3) is 6.03. The largest absolute Gasteiger partial charge is 0.497 e. The highest BCUT2D eigenvalue weighted by Gasteiger charge is 2.31. The van der Waals surface area contributed by atoms with Crippen molar-refractivity contribution in [1.82, 2.24) is 19.1 Å². The third-order valence-electron chi connectivity index (χ3n) is 7.74. The van der Waals surface area contributed by atoms with E-state index in [0.29, 0.717) is 52.9 Å². The summed E-state index contributed by atoms with van der Waals surface area (Å²) < 4.78 is 27.3. The molecule has 0 unspecified atom stereocenters. The zero-order chi connectivity index (χ0) is 33.6. The number of aryl methyl sites for hydroxylation is 2. The highest BCUT2D eigenvalue weighted by Crippen LogP contribution is 2.44. The van der Waals surface area contributed by atoms with E-state index in [0.717, 1.165) is 16.6 Å². The van der Waals surface area contributed by atoms with Crippen LogP contribution in [0.1, 0.15) is 55.4 Å². The second-order valence-electron chi connectivity index (χ2n) is 13.2. The third-order valence-corrected chi connectivity index (χ3v) is 7.74. The molecule has 0 radical (unpaired) electrons. The van der Waals surface area contributed by atoms with Crippen LogP contribution >= 0.6 is 0 Å². The first kappa shape index (κ1) is 32.5. The second-order valence-corrected chi connectivity index (χ2v) is 13.2. The summed E-state index contributed by atoms with van der Waals surface area (Å²) in [6, 6.07) is 14.8. The van der Waals surface area contributed by atoms with E-state index in [1.807, 2.05) is 59.4 Å². The predicted octanol–water partition coefficient (Wildman–Crippen LogP) is 7.68. The molecule has 5 aromatic rings. The van der Waals surface area contributed by atoms with Crippen LogP contribution in [-0.2, 0) is 22.7 Å². The van der Waals surface area contributed by atoms with Gasteiger partial charge in [0, 0.05) is 25.2 Å². The number of rotatable bonds is 8. The predicted molar refractivity (Wildman–Crippen MR) is 179 cm³/mol. The summed E-state index contributed by atoms with van der Waals surface area (Å²) in [5, 5.41) is 0. The van der Waals surface area contributed by atoms with Crippen molar-refractivity contribution in [1.29, 1.82) is 0 Å². The fourth-order valence-electron chi connectivity index (χ4n) is 5.10. The van der Waals surface area contributed by atoms with Crippen molar-refractivity contribution in [3.8, 4) is 45.8 Å². The first-order valence-electron chi connectivity index (χ1n) is 15.4. The number of esters is 2. The fraction of sp³-hybridized carbons (Fsp3) is 0.389. The van der Waals surface area contributed by atoms with Gasteiger partial charge >= 0.3 is 11.9 Å². The average Bonchev–Trinajstić information content (AvgIpc) is 3.57. The van der Waals surface area contributed by atoms with E-state index in [9.17, 15) is 9.59 Å². The summed E-state index contributed by atoms with van der Waals surface area (Å²) in [4.78, 5) is 36.8. The molecule has 0 aliphatic heterocycles. The smallest absolute Gasteiger partial charge is 0.316 e. The van der Waals surface area contributed by atoms with Crippen molar-refractivity contribution in [2.45, 2.75) is 68.5 Å². The molecule has 0 atom stereocenters. The van der Waals surface area contributed by atoms with Gasteiger partial charge in [0.05, 0.1) is 58.2 Å². The van der Waals surface area contributed by atoms with Gasteiger partial charge in [-0.15, -0.1) is 0 Å². The molecule has 46 heavy (non-hydrogen) atoms. The number of nitrogens with zero attached hydrogens (tertiary/aromatic N) is 4. The summed E-state index contributed by atoms with van der Waals surface area (Å²) in [6.45, 7) is 16.0. The Morgan fingerprint density at radius 3 is 1.57 bits per heavy atom. The van der Waals surface area contributed by atoms with E-state index in [1.165, 1.54) is 0 Å². The number of fused-ring (bicyclic) bond motifs is 2. The molecular formula is C36H42N4O6. The number of benzene rings is 3. The monoisotopic (exact) mass is 626 g/mol. The van der Waals surface area contributed by atoms with Gasteiger partial charge in [0.15, 0.2) is 0 Å². The van der Waals surface area contributed by atoms with Crippen LogP contribution < -0.4 is 18.9 Å². The Morgan fingerprint density at radius 1 is 0.630 bits per heavy atom. The Bertz CT molecular complexity index is 1900. The van der Waals surface area contributed by atoms with Gasteiger partial charge in [0.1, 0.15) is 34.6 Å². The van der Waals surface area contributed by atoms with E-state index >= 15 is 0 Å². The van der Waals surface area contributed by atoms with Crippen LogP contribution in [0.5, 0.6) is 23.0 Å². The maximum Gasteiger partial charge on any atom is 0.316 e. The van der Waals surface area contributed by atoms with Crippen LogP contribution in [0.15, 0.2) is 48.5 Å². The molecule has 242 valence electrons. The molecule has 0 N–H and O–H groups in total. The van der Waals surface area contributed by atoms with Crippen LogP contribution in [0, 0.1) is 10.8 Å². The number of aromatic nitrogens is 4. The first-order chi connectivity index (χ1) is 21.7. The number of carbonyl (C=O) groups excluding carboxylic acids is 2. The minimum atomic E-state index is -0.791. The molecular weight excluding hydrogens is 584 g/mol. The lowest BCUT2D eigenvalue weighted by molar-refractivity contribution is -0.143. The molecule has 0 aliphatic rings. The van der Waals surface area contributed by atoms with Gasteiger partial charge in [-0.05, 0) is 91.8 Å². The van der Waals surface area contributed by atoms with E-state index in [4.69, 9.17) is 28.9 Å². The quantitative estimate of drug-likeness (QED) is 0.128.